The number of ether oxygens (including phenoxy) is 1. The van der Waals surface area contributed by atoms with Crippen molar-refractivity contribution in [3.05, 3.63) is 59.5 Å². The van der Waals surface area contributed by atoms with Gasteiger partial charge in [0.25, 0.3) is 5.91 Å². The fraction of sp³-hybridized carbons (Fsp3) is 0.364. The molecule has 0 atom stereocenters. The third-order valence-electron chi connectivity index (χ3n) is 4.55. The first kappa shape index (κ1) is 19.0. The summed E-state index contributed by atoms with van der Waals surface area (Å²) in [7, 11) is 0. The number of carbonyl (C=O) groups is 1. The molecule has 0 spiro atoms. The van der Waals surface area contributed by atoms with E-state index in [2.05, 4.69) is 43.2 Å². The van der Waals surface area contributed by atoms with Crippen LogP contribution in [-0.2, 0) is 11.8 Å². The Morgan fingerprint density at radius 2 is 1.85 bits per heavy atom. The number of pyridine rings is 1. The molecule has 142 valence electrons. The maximum absolute atomic E-state index is 13.0. The van der Waals surface area contributed by atoms with Crippen LogP contribution >= 0.6 is 0 Å². The number of carbonyl (C=O) groups excluding carboxylic acids is 1. The van der Waals surface area contributed by atoms with Gasteiger partial charge in [0.1, 0.15) is 5.69 Å². The normalized spacial score (nSPS) is 11.6. The Morgan fingerprint density at radius 1 is 1.15 bits per heavy atom. The van der Waals surface area contributed by atoms with Gasteiger partial charge in [0.15, 0.2) is 11.4 Å². The fourth-order valence-corrected chi connectivity index (χ4v) is 3.09. The lowest BCUT2D eigenvalue weighted by Gasteiger charge is -2.19. The number of imidazole rings is 1. The summed E-state index contributed by atoms with van der Waals surface area (Å²) in [5.74, 6) is 0.514. The highest BCUT2D eigenvalue weighted by Crippen LogP contribution is 2.25. The molecule has 1 N–H and O–H groups in total. The van der Waals surface area contributed by atoms with E-state index in [9.17, 15) is 4.79 Å². The molecule has 0 radical (unpaired) electrons. The predicted molar refractivity (Wildman–Crippen MR) is 109 cm³/mol. The van der Waals surface area contributed by atoms with Gasteiger partial charge in [-0.15, -0.1) is 0 Å². The highest BCUT2D eigenvalue weighted by atomic mass is 16.5. The third-order valence-corrected chi connectivity index (χ3v) is 4.55. The average Bonchev–Trinajstić information content (AvgIpc) is 3.01. The highest BCUT2D eigenvalue weighted by molar-refractivity contribution is 6.04. The van der Waals surface area contributed by atoms with E-state index in [4.69, 9.17) is 4.74 Å². The molecule has 0 fully saturated rings. The molecule has 1 aromatic carbocycles. The Labute approximate surface area is 160 Å². The van der Waals surface area contributed by atoms with Gasteiger partial charge in [0.2, 0.25) is 0 Å². The molecule has 3 aromatic rings. The molecule has 0 unspecified atom stereocenters. The summed E-state index contributed by atoms with van der Waals surface area (Å²) in [6.07, 6.45) is 2.51. The number of nitrogens with zero attached hydrogens (tertiary/aromatic N) is 2. The second kappa shape index (κ2) is 7.43. The lowest BCUT2D eigenvalue weighted by Crippen LogP contribution is -2.17. The molecule has 5 nitrogen and oxygen atoms in total. The molecule has 0 bridgehead atoms. The number of amides is 1. The summed E-state index contributed by atoms with van der Waals surface area (Å²) in [6.45, 7) is 11.0. The van der Waals surface area contributed by atoms with Crippen molar-refractivity contribution < 1.29 is 9.53 Å². The lowest BCUT2D eigenvalue weighted by molar-refractivity contribution is 0.102. The van der Waals surface area contributed by atoms with Crippen LogP contribution in [0.4, 0.5) is 5.69 Å². The number of anilines is 1. The van der Waals surface area contributed by atoms with Gasteiger partial charge in [-0.3, -0.25) is 9.20 Å². The van der Waals surface area contributed by atoms with Crippen molar-refractivity contribution in [2.24, 2.45) is 0 Å². The lowest BCUT2D eigenvalue weighted by atomic mass is 9.87. The zero-order valence-electron chi connectivity index (χ0n) is 16.7. The van der Waals surface area contributed by atoms with Crippen LogP contribution in [0.1, 0.15) is 56.4 Å². The van der Waals surface area contributed by atoms with Gasteiger partial charge in [-0.25, -0.2) is 4.98 Å². The standard InChI is InChI=1S/C22H27N3O2/c1-6-17-19(25-14-8-9-18(27-7-2)20(25)24-17)21(26)23-16-12-10-15(11-13-16)22(3,4)5/h8-14H,6-7H2,1-5H3,(H,23,26). The number of hydrogen-bond donors (Lipinski definition) is 1. The summed E-state index contributed by atoms with van der Waals surface area (Å²) in [5, 5.41) is 3.00. The molecule has 0 aliphatic heterocycles. The van der Waals surface area contributed by atoms with Crippen LogP contribution in [0.5, 0.6) is 5.75 Å². The molecule has 2 heterocycles. The van der Waals surface area contributed by atoms with Gasteiger partial charge >= 0.3 is 0 Å². The van der Waals surface area contributed by atoms with E-state index in [-0.39, 0.29) is 11.3 Å². The zero-order valence-corrected chi connectivity index (χ0v) is 16.7. The number of aromatic nitrogens is 2. The molecule has 3 rings (SSSR count). The molecular formula is C22H27N3O2. The van der Waals surface area contributed by atoms with Crippen molar-refractivity contribution in [3.8, 4) is 5.75 Å². The average molecular weight is 365 g/mol. The van der Waals surface area contributed by atoms with E-state index < -0.39 is 0 Å². The van der Waals surface area contributed by atoms with Crippen molar-refractivity contribution in [2.75, 3.05) is 11.9 Å². The fourth-order valence-electron chi connectivity index (χ4n) is 3.09. The maximum Gasteiger partial charge on any atom is 0.274 e. The minimum absolute atomic E-state index is 0.0786. The maximum atomic E-state index is 13.0. The Morgan fingerprint density at radius 3 is 2.44 bits per heavy atom. The van der Waals surface area contributed by atoms with Crippen molar-refractivity contribution >= 4 is 17.2 Å². The van der Waals surface area contributed by atoms with Gasteiger partial charge < -0.3 is 10.1 Å². The van der Waals surface area contributed by atoms with E-state index in [1.807, 2.05) is 48.7 Å². The summed E-state index contributed by atoms with van der Waals surface area (Å²) < 4.78 is 7.47. The van der Waals surface area contributed by atoms with Gasteiger partial charge in [-0.2, -0.15) is 0 Å². The second-order valence-electron chi connectivity index (χ2n) is 7.54. The highest BCUT2D eigenvalue weighted by Gasteiger charge is 2.21. The molecule has 0 saturated carbocycles. The first-order valence-electron chi connectivity index (χ1n) is 9.39. The Hall–Kier alpha value is -2.82. The third kappa shape index (κ3) is 3.82. The summed E-state index contributed by atoms with van der Waals surface area (Å²) in [6, 6.07) is 11.7. The number of nitrogens with one attached hydrogen (secondary N) is 1. The van der Waals surface area contributed by atoms with Crippen LogP contribution in [0.15, 0.2) is 42.6 Å². The topological polar surface area (TPSA) is 55.6 Å². The second-order valence-corrected chi connectivity index (χ2v) is 7.54. The Bertz CT molecular complexity index is 950. The number of fused-ring (bicyclic) bond motifs is 1. The summed E-state index contributed by atoms with van der Waals surface area (Å²) in [4.78, 5) is 17.6. The van der Waals surface area contributed by atoms with Gasteiger partial charge in [0.05, 0.1) is 12.3 Å². The first-order valence-corrected chi connectivity index (χ1v) is 9.39. The zero-order chi connectivity index (χ0) is 19.6. The molecule has 1 amide bonds. The number of hydrogen-bond acceptors (Lipinski definition) is 3. The monoisotopic (exact) mass is 365 g/mol. The van der Waals surface area contributed by atoms with E-state index >= 15 is 0 Å². The van der Waals surface area contributed by atoms with Crippen molar-refractivity contribution in [1.82, 2.24) is 9.38 Å². The number of aryl methyl sites for hydroxylation is 1. The van der Waals surface area contributed by atoms with Crippen LogP contribution in [0.25, 0.3) is 5.65 Å². The van der Waals surface area contributed by atoms with Crippen LogP contribution in [-0.4, -0.2) is 21.9 Å². The molecule has 27 heavy (non-hydrogen) atoms. The Kier molecular flexibility index (Phi) is 5.22. The number of rotatable bonds is 5. The minimum Gasteiger partial charge on any atom is -0.490 e. The van der Waals surface area contributed by atoms with Crippen molar-refractivity contribution in [2.45, 2.75) is 46.5 Å². The van der Waals surface area contributed by atoms with Crippen LogP contribution < -0.4 is 10.1 Å². The van der Waals surface area contributed by atoms with E-state index in [0.717, 1.165) is 11.4 Å². The number of benzene rings is 1. The van der Waals surface area contributed by atoms with Crippen LogP contribution in [0.3, 0.4) is 0 Å². The minimum atomic E-state index is -0.170. The molecule has 5 heteroatoms. The Balaban J connectivity index is 1.94. The summed E-state index contributed by atoms with van der Waals surface area (Å²) >= 11 is 0. The largest absolute Gasteiger partial charge is 0.490 e. The van der Waals surface area contributed by atoms with Crippen molar-refractivity contribution in [1.29, 1.82) is 0 Å². The van der Waals surface area contributed by atoms with Crippen LogP contribution in [0, 0.1) is 0 Å². The van der Waals surface area contributed by atoms with E-state index in [0.29, 0.717) is 30.1 Å². The SMILES string of the molecule is CCOc1cccn2c(C(=O)Nc3ccc(C(C)(C)C)cc3)c(CC)nc12. The summed E-state index contributed by atoms with van der Waals surface area (Å²) in [5.41, 5.74) is 4.05. The predicted octanol–water partition coefficient (Wildman–Crippen LogP) is 4.85. The molecule has 2 aromatic heterocycles. The molecule has 0 aliphatic carbocycles. The van der Waals surface area contributed by atoms with Gasteiger partial charge in [-0.1, -0.05) is 39.8 Å². The molecule has 0 saturated heterocycles. The molecule has 0 aliphatic rings. The molecular weight excluding hydrogens is 338 g/mol. The first-order chi connectivity index (χ1) is 12.8. The van der Waals surface area contributed by atoms with E-state index in [1.54, 1.807) is 0 Å². The van der Waals surface area contributed by atoms with Gasteiger partial charge in [0, 0.05) is 11.9 Å². The van der Waals surface area contributed by atoms with Crippen molar-refractivity contribution in [3.63, 3.8) is 0 Å². The van der Waals surface area contributed by atoms with E-state index in [1.165, 1.54) is 5.56 Å². The smallest absolute Gasteiger partial charge is 0.274 e. The van der Waals surface area contributed by atoms with Gasteiger partial charge in [-0.05, 0) is 48.6 Å². The quantitative estimate of drug-likeness (QED) is 0.703. The van der Waals surface area contributed by atoms with Crippen LogP contribution in [0.2, 0.25) is 0 Å².